The van der Waals surface area contributed by atoms with E-state index in [4.69, 9.17) is 52.1 Å². The summed E-state index contributed by atoms with van der Waals surface area (Å²) in [6, 6.07) is -0.299. The van der Waals surface area contributed by atoms with E-state index in [0.29, 0.717) is 64.2 Å². The largest absolute Gasteiger partial charge is 0.462 e. The highest BCUT2D eigenvalue weighted by Gasteiger charge is 2.46. The van der Waals surface area contributed by atoms with Gasteiger partial charge < -0.3 is 77.2 Å². The molecule has 3 N–H and O–H groups in total. The molecule has 0 amide bonds. The van der Waals surface area contributed by atoms with Crippen molar-refractivity contribution in [3.63, 3.8) is 0 Å². The Hall–Kier alpha value is -3.81. The van der Waals surface area contributed by atoms with Crippen molar-refractivity contribution >= 4 is 29.5 Å². The van der Waals surface area contributed by atoms with Crippen LogP contribution in [0.2, 0.25) is 0 Å². The topological polar surface area (TPSA) is 254 Å². The molecule has 21 nitrogen and oxygen atoms in total. The first-order valence-corrected chi connectivity index (χ1v) is 32.4. The minimum Gasteiger partial charge on any atom is -0.462 e. The van der Waals surface area contributed by atoms with Gasteiger partial charge in [0.1, 0.15) is 18.3 Å². The number of cyclic esters (lactones) is 2. The summed E-state index contributed by atoms with van der Waals surface area (Å²) in [5.74, 6) is -3.56. The second-order valence-electron chi connectivity index (χ2n) is 25.9. The molecular formula is C68H116N2O19. The highest BCUT2D eigenvalue weighted by Crippen LogP contribution is 2.38. The Morgan fingerprint density at radius 3 is 1.33 bits per heavy atom. The zero-order valence-corrected chi connectivity index (χ0v) is 57.3. The van der Waals surface area contributed by atoms with E-state index in [-0.39, 0.29) is 115 Å². The Kier molecular flexibility index (Phi) is 36.0. The van der Waals surface area contributed by atoms with Gasteiger partial charge in [-0.05, 0) is 143 Å². The third-order valence-corrected chi connectivity index (χ3v) is 18.1. The van der Waals surface area contributed by atoms with Crippen LogP contribution in [0.4, 0.5) is 0 Å². The zero-order valence-electron chi connectivity index (χ0n) is 57.3. The molecule has 0 saturated carbocycles. The lowest BCUT2D eigenvalue weighted by molar-refractivity contribution is -0.286. The molecule has 0 radical (unpaired) electrons. The molecule has 4 aliphatic heterocycles. The normalized spacial score (nSPS) is 36.7. The first-order valence-electron chi connectivity index (χ1n) is 32.4. The van der Waals surface area contributed by atoms with Crippen molar-refractivity contribution in [2.75, 3.05) is 69.8 Å². The number of carbonyl (C=O) groups is 5. The number of hydrogen-bond acceptors (Lipinski definition) is 21. The number of esters is 3. The van der Waals surface area contributed by atoms with Crippen LogP contribution in [0, 0.1) is 47.3 Å². The minimum absolute atomic E-state index is 0.0307. The van der Waals surface area contributed by atoms with Crippen molar-refractivity contribution in [3.8, 4) is 0 Å². The van der Waals surface area contributed by atoms with Gasteiger partial charge in [0, 0.05) is 90.8 Å². The molecule has 0 aromatic carbocycles. The van der Waals surface area contributed by atoms with Crippen LogP contribution in [0.3, 0.4) is 0 Å². The van der Waals surface area contributed by atoms with E-state index in [1.165, 1.54) is 6.92 Å². The van der Waals surface area contributed by atoms with E-state index in [9.17, 15) is 39.3 Å². The number of aliphatic hydroxyl groups excluding tert-OH is 3. The number of likely N-dealkylation sites (N-methyl/N-ethyl adjacent to an activating group) is 2. The molecule has 0 spiro atoms. The van der Waals surface area contributed by atoms with Crippen LogP contribution in [-0.4, -0.2) is 211 Å². The van der Waals surface area contributed by atoms with Gasteiger partial charge in [-0.15, -0.1) is 0 Å². The maximum Gasteiger partial charge on any atom is 0.306 e. The van der Waals surface area contributed by atoms with E-state index < -0.39 is 73.7 Å². The van der Waals surface area contributed by atoms with Gasteiger partial charge in [0.2, 0.25) is 0 Å². The summed E-state index contributed by atoms with van der Waals surface area (Å²) in [6.07, 6.45) is 8.90. The first kappa shape index (κ1) is 79.4. The van der Waals surface area contributed by atoms with Crippen LogP contribution < -0.4 is 0 Å². The molecule has 0 aliphatic carbocycles. The summed E-state index contributed by atoms with van der Waals surface area (Å²) in [6.45, 7) is 20.3. The molecule has 4 heterocycles. The van der Waals surface area contributed by atoms with E-state index >= 15 is 0 Å². The highest BCUT2D eigenvalue weighted by molar-refractivity contribution is 5.92. The second kappa shape index (κ2) is 40.3. The van der Waals surface area contributed by atoms with E-state index in [2.05, 4.69) is 0 Å². The fraction of sp³-hybridized carbons (Fsp3) is 0.809. The molecule has 21 heteroatoms. The van der Waals surface area contributed by atoms with Crippen LogP contribution in [0.5, 0.6) is 0 Å². The Balaban J connectivity index is 0.000000466. The molecule has 0 aromatic rings. The van der Waals surface area contributed by atoms with Crippen LogP contribution >= 0.6 is 0 Å². The molecule has 20 atom stereocenters. The molecule has 2 saturated heterocycles. The standard InChI is InChI=1S/C35H59NO10.C33H57NO9/c1-11-30-27(20-37)16-21(2)12-14-29(39)23(4)17-26(19-32(41-9)42-10)33(22(3)13-15-31(40)45-30)46-35-34(44-25(6)38)28(36(7)8)18-24(5)43-35;1-10-28-25(19-35)15-20(2)11-13-27(36)22(4)16-24(18-30(39-8)40-9)32(21(3)12-14-29(37)42-28)43-33-31(38)26(34(6)7)17-23(5)41-33/h12,14,16,22-24,26-28,30,32-35,37H,11,13,15,17-20H2,1-10H3;11,13,15,21-26,28,30-33,35,38H,10,12,14,16-19H2,1-9H3/b14-12+,21-16+;13-11+,20-15+/t22-,23+,24?,26+,27+,28?,30+,33+,34?,35?;21-,22+,23?,24+,25+,26?,28+,31?,32+,33?/m00/s1. The van der Waals surface area contributed by atoms with Crippen molar-refractivity contribution in [3.05, 3.63) is 47.6 Å². The fourth-order valence-electron chi connectivity index (χ4n) is 12.8. The van der Waals surface area contributed by atoms with E-state index in [1.807, 2.05) is 119 Å². The first-order chi connectivity index (χ1) is 42.1. The summed E-state index contributed by atoms with van der Waals surface area (Å²) < 4.78 is 65.9. The Bertz CT molecular complexity index is 2250. The van der Waals surface area contributed by atoms with Gasteiger partial charge in [-0.1, -0.05) is 77.0 Å². The zero-order chi connectivity index (χ0) is 66.8. The van der Waals surface area contributed by atoms with Gasteiger partial charge in [0.25, 0.3) is 0 Å². The maximum atomic E-state index is 13.4. The molecule has 512 valence electrons. The lowest BCUT2D eigenvalue weighted by Gasteiger charge is -2.45. The number of rotatable bonds is 19. The number of aliphatic hydroxyl groups is 3. The van der Waals surface area contributed by atoms with Crippen LogP contribution in [-0.2, 0) is 76.1 Å². The third-order valence-electron chi connectivity index (χ3n) is 18.1. The number of ether oxygens (including phenoxy) is 11. The van der Waals surface area contributed by atoms with Gasteiger partial charge in [0.05, 0.1) is 43.7 Å². The summed E-state index contributed by atoms with van der Waals surface area (Å²) in [5.41, 5.74) is 1.60. The summed E-state index contributed by atoms with van der Waals surface area (Å²) >= 11 is 0. The minimum atomic E-state index is -0.888. The maximum absolute atomic E-state index is 13.4. The molecule has 0 aromatic heterocycles. The molecule has 4 aliphatic rings. The fourth-order valence-corrected chi connectivity index (χ4v) is 12.8. The number of allylic oxidation sites excluding steroid dienone is 6. The summed E-state index contributed by atoms with van der Waals surface area (Å²) in [7, 11) is 14.0. The smallest absolute Gasteiger partial charge is 0.306 e. The van der Waals surface area contributed by atoms with Crippen LogP contribution in [0.25, 0.3) is 0 Å². The van der Waals surface area contributed by atoms with Gasteiger partial charge >= 0.3 is 17.9 Å². The SMILES string of the molecule is CC[C@H]1OC(=O)CC[C@H](C)[C@@H](OC2OC(C)CC(N(C)C)C2O)[C@@H](CC(OC)OC)C[C@@H](C)C(=O)/C=C/C(C)=C/[C@@H]1CO.CC[C@H]1OC(=O)CC[C@H](C)[C@@H](OC2OC(C)CC(N(C)C)C2OC(C)=O)[C@@H](CC(OC)OC)C[C@@H](C)C(=O)/C=C/C(C)=C/[C@@H]1CO. The monoisotopic (exact) mass is 1260 g/mol. The van der Waals surface area contributed by atoms with Crippen LogP contribution in [0.1, 0.15) is 153 Å². The lowest BCUT2D eigenvalue weighted by Crippen LogP contribution is -2.57. The van der Waals surface area contributed by atoms with Crippen molar-refractivity contribution in [2.45, 2.75) is 239 Å². The van der Waals surface area contributed by atoms with Crippen molar-refractivity contribution in [2.24, 2.45) is 47.3 Å². The number of hydrogen-bond donors (Lipinski definition) is 3. The predicted octanol–water partition coefficient (Wildman–Crippen LogP) is 8.33. The van der Waals surface area contributed by atoms with E-state index in [1.54, 1.807) is 52.7 Å². The van der Waals surface area contributed by atoms with Crippen molar-refractivity contribution < 1.29 is 91.4 Å². The van der Waals surface area contributed by atoms with Gasteiger partial charge in [-0.25, -0.2) is 0 Å². The number of nitrogens with zero attached hydrogens (tertiary/aromatic N) is 2. The molecule has 4 rings (SSSR count). The molecule has 2 fully saturated rings. The average molecular weight is 1270 g/mol. The highest BCUT2D eigenvalue weighted by atomic mass is 16.7. The Labute approximate surface area is 532 Å². The number of carbonyl (C=O) groups excluding carboxylic acids is 5. The summed E-state index contributed by atoms with van der Waals surface area (Å²) in [4.78, 5) is 69.2. The Morgan fingerprint density at radius 1 is 0.584 bits per heavy atom. The van der Waals surface area contributed by atoms with Gasteiger partial charge in [0.15, 0.2) is 42.8 Å². The molecule has 89 heavy (non-hydrogen) atoms. The molecule has 8 unspecified atom stereocenters. The number of methoxy groups -OCH3 is 4. The second-order valence-corrected chi connectivity index (χ2v) is 25.9. The van der Waals surface area contributed by atoms with Crippen molar-refractivity contribution in [1.82, 2.24) is 9.80 Å². The Morgan fingerprint density at radius 2 is 0.966 bits per heavy atom. The summed E-state index contributed by atoms with van der Waals surface area (Å²) in [5, 5.41) is 31.4. The quantitative estimate of drug-likeness (QED) is 0.0624. The van der Waals surface area contributed by atoms with Crippen LogP contribution in [0.15, 0.2) is 47.6 Å². The predicted molar refractivity (Wildman–Crippen MR) is 338 cm³/mol. The average Bonchev–Trinajstić information content (AvgIpc) is 1.22. The van der Waals surface area contributed by atoms with Gasteiger partial charge in [-0.2, -0.15) is 0 Å². The van der Waals surface area contributed by atoms with Gasteiger partial charge in [-0.3, -0.25) is 24.0 Å². The van der Waals surface area contributed by atoms with E-state index in [0.717, 1.165) is 11.1 Å². The number of ketones is 2. The third kappa shape index (κ3) is 25.9. The molecule has 0 bridgehead atoms. The van der Waals surface area contributed by atoms with Crippen molar-refractivity contribution in [1.29, 1.82) is 0 Å². The lowest BCUT2D eigenvalue weighted by atomic mass is 9.80. The molecular weight excluding hydrogens is 1150 g/mol.